The maximum absolute atomic E-state index is 8.15. The van der Waals surface area contributed by atoms with Crippen molar-refractivity contribution in [2.45, 2.75) is 26.7 Å². The summed E-state index contributed by atoms with van der Waals surface area (Å²) in [6.45, 7) is 5.88. The first-order chi connectivity index (χ1) is 8.26. The normalized spacial score (nSPS) is 10.2. The highest BCUT2D eigenvalue weighted by Crippen LogP contribution is 2.03. The summed E-state index contributed by atoms with van der Waals surface area (Å²) < 4.78 is 0. The van der Waals surface area contributed by atoms with Gasteiger partial charge in [0.2, 0.25) is 0 Å². The van der Waals surface area contributed by atoms with Crippen LogP contribution in [-0.4, -0.2) is 50.2 Å². The van der Waals surface area contributed by atoms with Gasteiger partial charge in [-0.3, -0.25) is 9.68 Å². The molecule has 0 aromatic carbocycles. The van der Waals surface area contributed by atoms with E-state index in [2.05, 4.69) is 34.5 Å². The summed E-state index contributed by atoms with van der Waals surface area (Å²) in [5.41, 5.74) is 2.07. The van der Waals surface area contributed by atoms with Gasteiger partial charge in [-0.05, 0) is 19.5 Å². The molecule has 0 saturated carbocycles. The predicted octanol–water partition coefficient (Wildman–Crippen LogP) is 0.0658. The molecule has 0 fully saturated rings. The van der Waals surface area contributed by atoms with Crippen molar-refractivity contribution in [2.24, 2.45) is 5.92 Å². The molecule has 0 aliphatic heterocycles. The third-order valence-corrected chi connectivity index (χ3v) is 2.15. The molecule has 0 heterocycles. The van der Waals surface area contributed by atoms with Gasteiger partial charge in [0, 0.05) is 0 Å². The Morgan fingerprint density at radius 1 is 1.00 bits per heavy atom. The van der Waals surface area contributed by atoms with Crippen LogP contribution < -0.4 is 11.0 Å². The van der Waals surface area contributed by atoms with Crippen LogP contribution in [0.25, 0.3) is 0 Å². The average Bonchev–Trinajstić information content (AvgIpc) is 2.36. The molecule has 0 aromatic rings. The van der Waals surface area contributed by atoms with Gasteiger partial charge in [-0.25, -0.2) is 0 Å². The van der Waals surface area contributed by atoms with Crippen molar-refractivity contribution in [2.75, 3.05) is 40.0 Å². The van der Waals surface area contributed by atoms with Crippen molar-refractivity contribution in [3.8, 4) is 0 Å². The largest absolute Gasteiger partial charge is 0.394 e. The first kappa shape index (κ1) is 19.1. The molecule has 0 aliphatic rings. The number of rotatable bonds is 10. The summed E-state index contributed by atoms with van der Waals surface area (Å²) in [5.74, 6) is 0.889. The highest BCUT2D eigenvalue weighted by molar-refractivity contribution is 4.54. The van der Waals surface area contributed by atoms with Crippen LogP contribution in [0.5, 0.6) is 0 Å². The van der Waals surface area contributed by atoms with Crippen LogP contribution in [0.4, 0.5) is 0 Å². The molecule has 6 nitrogen and oxygen atoms in total. The molecule has 0 bridgehead atoms. The molecule has 106 valence electrons. The monoisotopic (exact) mass is 252 g/mol. The fraction of sp³-hybridized carbons (Fsp3) is 1.00. The molecule has 0 rings (SSSR count). The van der Waals surface area contributed by atoms with E-state index in [0.29, 0.717) is 0 Å². The van der Waals surface area contributed by atoms with Gasteiger partial charge in [0.05, 0.1) is 26.4 Å². The third-order valence-electron chi connectivity index (χ3n) is 2.15. The lowest BCUT2D eigenvalue weighted by atomic mass is 10.0. The van der Waals surface area contributed by atoms with Crippen molar-refractivity contribution in [3.63, 3.8) is 0 Å². The minimum atomic E-state index is -0.0600. The molecule has 0 spiro atoms. The Balaban J connectivity index is 0. The van der Waals surface area contributed by atoms with Crippen molar-refractivity contribution < 1.29 is 19.9 Å². The molecule has 6 heteroatoms. The summed E-state index contributed by atoms with van der Waals surface area (Å²) >= 11 is 0. The number of aliphatic hydroxyl groups excluding tert-OH is 2. The van der Waals surface area contributed by atoms with E-state index in [1.807, 2.05) is 7.05 Å². The summed E-state index contributed by atoms with van der Waals surface area (Å²) in [4.78, 5) is 8.90. The Kier molecular flexibility index (Phi) is 20.4. The molecule has 17 heavy (non-hydrogen) atoms. The van der Waals surface area contributed by atoms with Gasteiger partial charge in [-0.1, -0.05) is 32.3 Å². The maximum Gasteiger partial charge on any atom is 0.0940 e. The van der Waals surface area contributed by atoms with E-state index in [9.17, 15) is 0 Å². The number of hydrogen-bond donors (Lipinski definition) is 4. The summed E-state index contributed by atoms with van der Waals surface area (Å²) in [5, 5.41) is 19.5. The van der Waals surface area contributed by atoms with Crippen LogP contribution in [0.1, 0.15) is 26.7 Å². The number of aliphatic hydroxyl groups is 2. The van der Waals surface area contributed by atoms with Crippen LogP contribution >= 0.6 is 0 Å². The Morgan fingerprint density at radius 2 is 1.47 bits per heavy atom. The molecule has 0 radical (unpaired) electrons. The second kappa shape index (κ2) is 18.1. The Labute approximate surface area is 104 Å². The zero-order valence-corrected chi connectivity index (χ0v) is 11.2. The molecular formula is C11H28N2O4. The van der Waals surface area contributed by atoms with Crippen LogP contribution in [0.15, 0.2) is 0 Å². The minimum Gasteiger partial charge on any atom is -0.394 e. The smallest absolute Gasteiger partial charge is 0.0940 e. The maximum atomic E-state index is 8.15. The molecule has 4 N–H and O–H groups in total. The topological polar surface area (TPSA) is 83.0 Å². The van der Waals surface area contributed by atoms with E-state index in [1.54, 1.807) is 0 Å². The number of hydrogen-bond acceptors (Lipinski definition) is 6. The first-order valence-electron chi connectivity index (χ1n) is 6.11. The van der Waals surface area contributed by atoms with Gasteiger partial charge >= 0.3 is 0 Å². The molecule has 0 amide bonds. The van der Waals surface area contributed by atoms with Gasteiger partial charge in [0.15, 0.2) is 0 Å². The molecule has 0 saturated heterocycles. The van der Waals surface area contributed by atoms with Gasteiger partial charge < -0.3 is 15.5 Å². The molecule has 0 aromatic heterocycles. The molecule has 0 atom stereocenters. The summed E-state index contributed by atoms with van der Waals surface area (Å²) in [6, 6.07) is 0. The van der Waals surface area contributed by atoms with E-state index < -0.39 is 0 Å². The van der Waals surface area contributed by atoms with Gasteiger partial charge in [-0.2, -0.15) is 0 Å². The van der Waals surface area contributed by atoms with Crippen LogP contribution in [-0.2, 0) is 9.68 Å². The third kappa shape index (κ3) is 18.3. The lowest BCUT2D eigenvalue weighted by Gasteiger charge is -2.09. The van der Waals surface area contributed by atoms with Crippen molar-refractivity contribution in [3.05, 3.63) is 0 Å². The van der Waals surface area contributed by atoms with E-state index >= 15 is 0 Å². The molecule has 0 unspecified atom stereocenters. The summed E-state index contributed by atoms with van der Waals surface area (Å²) in [6.07, 6.45) is 2.61. The SMILES string of the molecule is CCC(CC)CNC.OCCONOCCO. The van der Waals surface area contributed by atoms with Crippen molar-refractivity contribution in [1.29, 1.82) is 0 Å². The van der Waals surface area contributed by atoms with Gasteiger partial charge in [0.25, 0.3) is 0 Å². The first-order valence-corrected chi connectivity index (χ1v) is 6.11. The predicted molar refractivity (Wildman–Crippen MR) is 67.2 cm³/mol. The summed E-state index contributed by atoms with van der Waals surface area (Å²) in [7, 11) is 2.01. The Hall–Kier alpha value is -0.240. The molecule has 0 aliphatic carbocycles. The quantitative estimate of drug-likeness (QED) is 0.325. The van der Waals surface area contributed by atoms with E-state index in [1.165, 1.54) is 19.4 Å². The fourth-order valence-electron chi connectivity index (χ4n) is 1.08. The highest BCUT2D eigenvalue weighted by atomic mass is 16.9. The van der Waals surface area contributed by atoms with Crippen molar-refractivity contribution in [1.82, 2.24) is 11.0 Å². The zero-order chi connectivity index (χ0) is 13.4. The zero-order valence-electron chi connectivity index (χ0n) is 11.2. The Bertz CT molecular complexity index is 118. The van der Waals surface area contributed by atoms with E-state index in [0.717, 1.165) is 5.92 Å². The standard InChI is InChI=1S/C7H17N.C4H11NO4/c1-4-7(5-2)6-8-3;6-1-3-8-5-9-4-2-7/h7-8H,4-6H2,1-3H3;5-7H,1-4H2. The van der Waals surface area contributed by atoms with Crippen LogP contribution in [0, 0.1) is 5.92 Å². The fourth-order valence-corrected chi connectivity index (χ4v) is 1.08. The molecular weight excluding hydrogens is 224 g/mol. The number of nitrogens with one attached hydrogen (secondary N) is 2. The second-order valence-corrected chi connectivity index (χ2v) is 3.47. The lowest BCUT2D eigenvalue weighted by Crippen LogP contribution is -2.19. The van der Waals surface area contributed by atoms with E-state index in [4.69, 9.17) is 10.2 Å². The average molecular weight is 252 g/mol. The van der Waals surface area contributed by atoms with Gasteiger partial charge in [0.1, 0.15) is 0 Å². The lowest BCUT2D eigenvalue weighted by molar-refractivity contribution is -0.178. The van der Waals surface area contributed by atoms with Crippen LogP contribution in [0.3, 0.4) is 0 Å². The highest BCUT2D eigenvalue weighted by Gasteiger charge is 1.98. The Morgan fingerprint density at radius 3 is 1.71 bits per heavy atom. The minimum absolute atomic E-state index is 0.0600. The van der Waals surface area contributed by atoms with Crippen molar-refractivity contribution >= 4 is 0 Å². The van der Waals surface area contributed by atoms with Crippen LogP contribution in [0.2, 0.25) is 0 Å². The second-order valence-electron chi connectivity index (χ2n) is 3.47. The van der Waals surface area contributed by atoms with Gasteiger partial charge in [-0.15, -0.1) is 0 Å². The van der Waals surface area contributed by atoms with E-state index in [-0.39, 0.29) is 26.4 Å².